The largest absolute Gasteiger partial charge is 0.357 e. The van der Waals surface area contributed by atoms with Crippen molar-refractivity contribution in [1.82, 2.24) is 20.6 Å². The Kier molecular flexibility index (Phi) is 6.05. The molecule has 2 aromatic rings. The number of para-hydroxylation sites is 2. The van der Waals surface area contributed by atoms with Gasteiger partial charge in [0, 0.05) is 25.6 Å². The normalized spacial score (nSPS) is 20.5. The molecule has 1 aliphatic rings. The molecule has 1 aromatic carbocycles. The van der Waals surface area contributed by atoms with E-state index in [1.54, 1.807) is 0 Å². The summed E-state index contributed by atoms with van der Waals surface area (Å²) in [6.07, 6.45) is 2.07. The van der Waals surface area contributed by atoms with Gasteiger partial charge in [-0.15, -0.1) is 24.0 Å². The molecule has 1 saturated carbocycles. The molecule has 6 heteroatoms. The van der Waals surface area contributed by atoms with Gasteiger partial charge in [0.1, 0.15) is 5.82 Å². The summed E-state index contributed by atoms with van der Waals surface area (Å²) in [7, 11) is 0. The number of nitrogens with one attached hydrogen (secondary N) is 3. The van der Waals surface area contributed by atoms with Crippen LogP contribution in [0.1, 0.15) is 26.1 Å². The summed E-state index contributed by atoms with van der Waals surface area (Å²) in [5.41, 5.74) is 2.11. The lowest BCUT2D eigenvalue weighted by atomic mass is 10.3. The first kappa shape index (κ1) is 17.1. The Morgan fingerprint density at radius 1 is 1.41 bits per heavy atom. The predicted molar refractivity (Wildman–Crippen MR) is 102 cm³/mol. The standard InChI is InChI=1S/C16H23N5.HI/c1-3-17-16(21-14-10-11(14)2)18-9-8-15-19-12-6-4-5-7-13(12)20-15;/h4-7,11,14H,3,8-10H2,1-2H3,(H,19,20)(H2,17,18,21);1H. The van der Waals surface area contributed by atoms with E-state index in [-0.39, 0.29) is 24.0 Å². The number of rotatable bonds is 5. The summed E-state index contributed by atoms with van der Waals surface area (Å²) in [4.78, 5) is 12.5. The van der Waals surface area contributed by atoms with Crippen LogP contribution in [0.2, 0.25) is 0 Å². The maximum absolute atomic E-state index is 4.63. The molecule has 0 spiro atoms. The highest BCUT2D eigenvalue weighted by atomic mass is 127. The third kappa shape index (κ3) is 4.34. The smallest absolute Gasteiger partial charge is 0.191 e. The average molecular weight is 413 g/mol. The zero-order chi connectivity index (χ0) is 14.7. The molecule has 1 aromatic heterocycles. The van der Waals surface area contributed by atoms with E-state index < -0.39 is 0 Å². The molecule has 5 nitrogen and oxygen atoms in total. The van der Waals surface area contributed by atoms with Gasteiger partial charge in [0.2, 0.25) is 0 Å². The highest BCUT2D eigenvalue weighted by Crippen LogP contribution is 2.28. The summed E-state index contributed by atoms with van der Waals surface area (Å²) < 4.78 is 0. The van der Waals surface area contributed by atoms with Crippen LogP contribution in [0.15, 0.2) is 29.3 Å². The second-order valence-corrected chi connectivity index (χ2v) is 5.68. The Balaban J connectivity index is 0.00000176. The van der Waals surface area contributed by atoms with Crippen molar-refractivity contribution in [3.8, 4) is 0 Å². The number of guanidine groups is 1. The summed E-state index contributed by atoms with van der Waals surface area (Å²) in [6, 6.07) is 8.70. The molecule has 0 bridgehead atoms. The Morgan fingerprint density at radius 2 is 2.18 bits per heavy atom. The number of benzene rings is 1. The monoisotopic (exact) mass is 413 g/mol. The van der Waals surface area contributed by atoms with E-state index in [4.69, 9.17) is 0 Å². The van der Waals surface area contributed by atoms with Crippen molar-refractivity contribution in [3.63, 3.8) is 0 Å². The van der Waals surface area contributed by atoms with Crippen LogP contribution in [0, 0.1) is 5.92 Å². The lowest BCUT2D eigenvalue weighted by Crippen LogP contribution is -2.39. The molecular formula is C16H24IN5. The zero-order valence-electron chi connectivity index (χ0n) is 13.1. The molecule has 3 rings (SSSR count). The van der Waals surface area contributed by atoms with Gasteiger partial charge in [0.05, 0.1) is 11.0 Å². The molecule has 1 aliphatic carbocycles. The number of hydrogen-bond donors (Lipinski definition) is 3. The quantitative estimate of drug-likeness (QED) is 0.401. The van der Waals surface area contributed by atoms with Crippen molar-refractivity contribution >= 4 is 41.0 Å². The fourth-order valence-electron chi connectivity index (χ4n) is 2.42. The predicted octanol–water partition coefficient (Wildman–Crippen LogP) is 2.69. The average Bonchev–Trinajstić information content (AvgIpc) is 3.01. The maximum Gasteiger partial charge on any atom is 0.191 e. The van der Waals surface area contributed by atoms with Crippen molar-refractivity contribution in [3.05, 3.63) is 30.1 Å². The van der Waals surface area contributed by atoms with Gasteiger partial charge in [-0.25, -0.2) is 4.98 Å². The van der Waals surface area contributed by atoms with Gasteiger partial charge in [-0.3, -0.25) is 4.99 Å². The zero-order valence-corrected chi connectivity index (χ0v) is 15.4. The van der Waals surface area contributed by atoms with E-state index in [9.17, 15) is 0 Å². The van der Waals surface area contributed by atoms with Gasteiger partial charge in [0.15, 0.2) is 5.96 Å². The second kappa shape index (κ2) is 7.80. The number of nitrogens with zero attached hydrogens (tertiary/aromatic N) is 2. The minimum atomic E-state index is 0. The first-order chi connectivity index (χ1) is 10.3. The minimum absolute atomic E-state index is 0. The summed E-state index contributed by atoms with van der Waals surface area (Å²) in [5, 5.41) is 6.76. The van der Waals surface area contributed by atoms with Gasteiger partial charge in [0.25, 0.3) is 0 Å². The number of fused-ring (bicyclic) bond motifs is 1. The molecule has 0 saturated heterocycles. The molecule has 0 aliphatic heterocycles. The first-order valence-corrected chi connectivity index (χ1v) is 7.74. The van der Waals surface area contributed by atoms with Crippen molar-refractivity contribution in [2.24, 2.45) is 10.9 Å². The van der Waals surface area contributed by atoms with E-state index in [0.29, 0.717) is 6.04 Å². The van der Waals surface area contributed by atoms with Crippen LogP contribution >= 0.6 is 24.0 Å². The van der Waals surface area contributed by atoms with Crippen LogP contribution < -0.4 is 10.6 Å². The molecule has 1 heterocycles. The molecule has 1 fully saturated rings. The van der Waals surface area contributed by atoms with E-state index in [1.165, 1.54) is 6.42 Å². The number of hydrogen-bond acceptors (Lipinski definition) is 2. The number of aliphatic imine (C=N–C) groups is 1. The Hall–Kier alpha value is -1.31. The molecule has 0 radical (unpaired) electrons. The van der Waals surface area contributed by atoms with Crippen LogP contribution in [0.25, 0.3) is 11.0 Å². The third-order valence-corrected chi connectivity index (χ3v) is 3.83. The van der Waals surface area contributed by atoms with E-state index in [0.717, 1.165) is 48.2 Å². The Labute approximate surface area is 148 Å². The number of aromatic amines is 1. The first-order valence-electron chi connectivity index (χ1n) is 7.74. The van der Waals surface area contributed by atoms with Crippen LogP contribution in [-0.4, -0.2) is 35.1 Å². The lowest BCUT2D eigenvalue weighted by molar-refractivity contribution is 0.762. The Morgan fingerprint density at radius 3 is 2.86 bits per heavy atom. The molecule has 2 atom stereocenters. The fourth-order valence-corrected chi connectivity index (χ4v) is 2.42. The molecule has 3 N–H and O–H groups in total. The molecule has 22 heavy (non-hydrogen) atoms. The number of imidazole rings is 1. The van der Waals surface area contributed by atoms with Crippen molar-refractivity contribution in [2.45, 2.75) is 32.7 Å². The molecule has 120 valence electrons. The lowest BCUT2D eigenvalue weighted by Gasteiger charge is -2.10. The van der Waals surface area contributed by atoms with E-state index in [1.807, 2.05) is 18.2 Å². The summed E-state index contributed by atoms with van der Waals surface area (Å²) in [5.74, 6) is 2.68. The summed E-state index contributed by atoms with van der Waals surface area (Å²) in [6.45, 7) is 5.97. The SMILES string of the molecule is CCNC(=NCCc1nc2ccccc2[nH]1)NC1CC1C.I. The van der Waals surface area contributed by atoms with E-state index in [2.05, 4.69) is 45.5 Å². The van der Waals surface area contributed by atoms with Crippen LogP contribution in [0.3, 0.4) is 0 Å². The molecular weight excluding hydrogens is 389 g/mol. The van der Waals surface area contributed by atoms with Gasteiger partial charge >= 0.3 is 0 Å². The molecule has 0 amide bonds. The van der Waals surface area contributed by atoms with E-state index >= 15 is 0 Å². The van der Waals surface area contributed by atoms with Gasteiger partial charge < -0.3 is 15.6 Å². The van der Waals surface area contributed by atoms with Crippen molar-refractivity contribution in [1.29, 1.82) is 0 Å². The van der Waals surface area contributed by atoms with Crippen molar-refractivity contribution < 1.29 is 0 Å². The van der Waals surface area contributed by atoms with Gasteiger partial charge in [-0.1, -0.05) is 19.1 Å². The van der Waals surface area contributed by atoms with Gasteiger partial charge in [-0.2, -0.15) is 0 Å². The Bertz CT molecular complexity index is 603. The number of aromatic nitrogens is 2. The van der Waals surface area contributed by atoms with Crippen LogP contribution in [-0.2, 0) is 6.42 Å². The third-order valence-electron chi connectivity index (χ3n) is 3.83. The number of halogens is 1. The van der Waals surface area contributed by atoms with Gasteiger partial charge in [-0.05, 0) is 31.4 Å². The summed E-state index contributed by atoms with van der Waals surface area (Å²) >= 11 is 0. The fraction of sp³-hybridized carbons (Fsp3) is 0.500. The maximum atomic E-state index is 4.63. The van der Waals surface area contributed by atoms with Crippen LogP contribution in [0.5, 0.6) is 0 Å². The highest BCUT2D eigenvalue weighted by molar-refractivity contribution is 14.0. The number of H-pyrrole nitrogens is 1. The van der Waals surface area contributed by atoms with Crippen molar-refractivity contribution in [2.75, 3.05) is 13.1 Å². The van der Waals surface area contributed by atoms with Crippen LogP contribution in [0.4, 0.5) is 0 Å². The highest BCUT2D eigenvalue weighted by Gasteiger charge is 2.33. The minimum Gasteiger partial charge on any atom is -0.357 e. The molecule has 2 unspecified atom stereocenters. The second-order valence-electron chi connectivity index (χ2n) is 5.68. The topological polar surface area (TPSA) is 65.1 Å².